The average Bonchev–Trinajstić information content (AvgIpc) is 3.00. The Bertz CT molecular complexity index is 924. The number of rotatable bonds is 6. The monoisotopic (exact) mass is 375 g/mol. The first kappa shape index (κ1) is 19.4. The van der Waals surface area contributed by atoms with Crippen LogP contribution in [0.1, 0.15) is 25.0 Å². The minimum absolute atomic E-state index is 0.376. The molecule has 0 N–H and O–H groups in total. The Morgan fingerprint density at radius 2 is 1.78 bits per heavy atom. The molecule has 2 aromatic carbocycles. The van der Waals surface area contributed by atoms with E-state index in [1.165, 1.54) is 6.07 Å². The molecule has 1 heterocycles. The molecule has 0 amide bonds. The predicted octanol–water partition coefficient (Wildman–Crippen LogP) is 5.37. The van der Waals surface area contributed by atoms with E-state index in [2.05, 4.69) is 23.7 Å². The van der Waals surface area contributed by atoms with Crippen molar-refractivity contribution in [2.75, 3.05) is 19.6 Å². The van der Waals surface area contributed by atoms with Crippen LogP contribution in [0.5, 0.6) is 0 Å². The lowest BCUT2D eigenvalue weighted by Gasteiger charge is -2.19. The van der Waals surface area contributed by atoms with Gasteiger partial charge in [-0.1, -0.05) is 37.6 Å². The van der Waals surface area contributed by atoms with E-state index >= 15 is 0 Å². The van der Waals surface area contributed by atoms with Crippen LogP contribution in [-0.4, -0.2) is 34.1 Å². The quantitative estimate of drug-likeness (QED) is 0.577. The molecule has 0 aliphatic carbocycles. The van der Waals surface area contributed by atoms with Crippen LogP contribution in [0.4, 0.5) is 13.2 Å². The normalized spacial score (nSPS) is 12.3. The number of nitrogens with zero attached hydrogens (tertiary/aromatic N) is 3. The van der Waals surface area contributed by atoms with E-state index in [4.69, 9.17) is 0 Å². The summed E-state index contributed by atoms with van der Waals surface area (Å²) in [6.45, 7) is 9.56. The van der Waals surface area contributed by atoms with Crippen LogP contribution in [0.2, 0.25) is 0 Å². The van der Waals surface area contributed by atoms with Crippen LogP contribution in [0.25, 0.3) is 22.4 Å². The van der Waals surface area contributed by atoms with Crippen molar-refractivity contribution in [3.63, 3.8) is 0 Å². The fourth-order valence-corrected chi connectivity index (χ4v) is 3.32. The van der Waals surface area contributed by atoms with Gasteiger partial charge < -0.3 is 9.47 Å². The second kappa shape index (κ2) is 7.72. The fraction of sp³-hybridized carbons (Fsp3) is 0.381. The second-order valence-corrected chi connectivity index (χ2v) is 6.68. The summed E-state index contributed by atoms with van der Waals surface area (Å²) < 4.78 is 41.3. The Morgan fingerprint density at radius 3 is 2.41 bits per heavy atom. The van der Waals surface area contributed by atoms with E-state index in [0.29, 0.717) is 17.9 Å². The van der Waals surface area contributed by atoms with Gasteiger partial charge in [-0.25, -0.2) is 4.98 Å². The van der Waals surface area contributed by atoms with Crippen molar-refractivity contribution >= 4 is 11.0 Å². The van der Waals surface area contributed by atoms with Crippen LogP contribution in [0.3, 0.4) is 0 Å². The number of hydrogen-bond donors (Lipinski definition) is 0. The highest BCUT2D eigenvalue weighted by Gasteiger charge is 2.31. The Morgan fingerprint density at radius 1 is 1.04 bits per heavy atom. The highest BCUT2D eigenvalue weighted by atomic mass is 19.4. The first-order valence-corrected chi connectivity index (χ1v) is 9.20. The molecule has 144 valence electrons. The summed E-state index contributed by atoms with van der Waals surface area (Å²) in [5, 5.41) is 0. The summed E-state index contributed by atoms with van der Waals surface area (Å²) in [5.74, 6) is 0.709. The number of imidazole rings is 1. The number of alkyl halides is 3. The van der Waals surface area contributed by atoms with E-state index < -0.39 is 11.7 Å². The maximum Gasteiger partial charge on any atom is 0.416 e. The smallest absolute Gasteiger partial charge is 0.323 e. The number of benzene rings is 2. The molecule has 6 heteroatoms. The third-order valence-corrected chi connectivity index (χ3v) is 4.89. The zero-order valence-corrected chi connectivity index (χ0v) is 15.8. The molecule has 0 atom stereocenters. The first-order valence-electron chi connectivity index (χ1n) is 9.20. The van der Waals surface area contributed by atoms with Crippen LogP contribution >= 0.6 is 0 Å². The van der Waals surface area contributed by atoms with Crippen molar-refractivity contribution in [1.29, 1.82) is 0 Å². The zero-order chi connectivity index (χ0) is 19.6. The maximum absolute atomic E-state index is 13.1. The Hall–Kier alpha value is -2.34. The fourth-order valence-electron chi connectivity index (χ4n) is 3.32. The van der Waals surface area contributed by atoms with Crippen molar-refractivity contribution in [1.82, 2.24) is 14.5 Å². The highest BCUT2D eigenvalue weighted by molar-refractivity contribution is 5.81. The summed E-state index contributed by atoms with van der Waals surface area (Å²) in [6.07, 6.45) is -4.37. The van der Waals surface area contributed by atoms with Gasteiger partial charge in [0, 0.05) is 18.7 Å². The Kier molecular flexibility index (Phi) is 5.56. The van der Waals surface area contributed by atoms with Gasteiger partial charge in [0.05, 0.1) is 16.6 Å². The number of aryl methyl sites for hydroxylation is 1. The molecule has 3 aromatic rings. The standard InChI is InChI=1S/C21H24F3N3/c1-4-26(5-2)11-12-27-19-10-9-17(21(22,23)24)14-18(19)25-20(27)16-8-6-7-15(3)13-16/h6-10,13-14H,4-5,11-12H2,1-3H3. The van der Waals surface area contributed by atoms with E-state index in [0.717, 1.165) is 48.4 Å². The molecule has 0 aliphatic heterocycles. The van der Waals surface area contributed by atoms with Crippen molar-refractivity contribution in [3.05, 3.63) is 53.6 Å². The molecule has 0 radical (unpaired) electrons. The van der Waals surface area contributed by atoms with Gasteiger partial charge >= 0.3 is 6.18 Å². The lowest BCUT2D eigenvalue weighted by atomic mass is 10.1. The summed E-state index contributed by atoms with van der Waals surface area (Å²) in [5.41, 5.74) is 2.44. The van der Waals surface area contributed by atoms with Crippen LogP contribution in [-0.2, 0) is 12.7 Å². The molecule has 3 rings (SSSR count). The zero-order valence-electron chi connectivity index (χ0n) is 15.8. The molecule has 0 saturated heterocycles. The summed E-state index contributed by atoms with van der Waals surface area (Å²) in [4.78, 5) is 6.86. The molecule has 3 nitrogen and oxygen atoms in total. The second-order valence-electron chi connectivity index (χ2n) is 6.68. The SMILES string of the molecule is CCN(CC)CCn1c(-c2cccc(C)c2)nc2cc(C(F)(F)F)ccc21. The number of halogens is 3. The van der Waals surface area contributed by atoms with Gasteiger partial charge in [-0.05, 0) is 44.3 Å². The minimum atomic E-state index is -4.37. The van der Waals surface area contributed by atoms with Gasteiger partial charge in [0.2, 0.25) is 0 Å². The summed E-state index contributed by atoms with van der Waals surface area (Å²) in [6, 6.07) is 11.7. The van der Waals surface area contributed by atoms with E-state index in [-0.39, 0.29) is 0 Å². The Labute approximate surface area is 157 Å². The summed E-state index contributed by atoms with van der Waals surface area (Å²) >= 11 is 0. The van der Waals surface area contributed by atoms with Gasteiger partial charge in [0.15, 0.2) is 0 Å². The molecule has 0 bridgehead atoms. The van der Waals surface area contributed by atoms with Crippen LogP contribution in [0.15, 0.2) is 42.5 Å². The lowest BCUT2D eigenvalue weighted by molar-refractivity contribution is -0.137. The number of aromatic nitrogens is 2. The van der Waals surface area contributed by atoms with Gasteiger partial charge in [0.1, 0.15) is 5.82 Å². The molecular weight excluding hydrogens is 351 g/mol. The molecule has 27 heavy (non-hydrogen) atoms. The first-order chi connectivity index (χ1) is 12.8. The van der Waals surface area contributed by atoms with Crippen molar-refractivity contribution in [2.45, 2.75) is 33.5 Å². The van der Waals surface area contributed by atoms with Crippen LogP contribution < -0.4 is 0 Å². The van der Waals surface area contributed by atoms with Crippen LogP contribution in [0, 0.1) is 6.92 Å². The molecule has 0 saturated carbocycles. The topological polar surface area (TPSA) is 21.1 Å². The van der Waals surface area contributed by atoms with Gasteiger partial charge in [0.25, 0.3) is 0 Å². The van der Waals surface area contributed by atoms with E-state index in [9.17, 15) is 13.2 Å². The molecule has 0 spiro atoms. The Balaban J connectivity index is 2.11. The van der Waals surface area contributed by atoms with Crippen molar-refractivity contribution < 1.29 is 13.2 Å². The molecule has 0 unspecified atom stereocenters. The summed E-state index contributed by atoms with van der Waals surface area (Å²) in [7, 11) is 0. The third-order valence-electron chi connectivity index (χ3n) is 4.89. The molecular formula is C21H24F3N3. The van der Waals surface area contributed by atoms with E-state index in [1.807, 2.05) is 35.8 Å². The minimum Gasteiger partial charge on any atom is -0.323 e. The van der Waals surface area contributed by atoms with E-state index in [1.54, 1.807) is 0 Å². The van der Waals surface area contributed by atoms with Gasteiger partial charge in [-0.15, -0.1) is 0 Å². The molecule has 0 fully saturated rings. The lowest BCUT2D eigenvalue weighted by Crippen LogP contribution is -2.27. The van der Waals surface area contributed by atoms with Crippen molar-refractivity contribution in [2.24, 2.45) is 0 Å². The molecule has 1 aromatic heterocycles. The van der Waals surface area contributed by atoms with Gasteiger partial charge in [-0.3, -0.25) is 0 Å². The maximum atomic E-state index is 13.1. The average molecular weight is 375 g/mol. The molecule has 0 aliphatic rings. The van der Waals surface area contributed by atoms with Crippen molar-refractivity contribution in [3.8, 4) is 11.4 Å². The number of fused-ring (bicyclic) bond motifs is 1. The predicted molar refractivity (Wildman–Crippen MR) is 103 cm³/mol. The highest BCUT2D eigenvalue weighted by Crippen LogP contribution is 2.33. The van der Waals surface area contributed by atoms with Gasteiger partial charge in [-0.2, -0.15) is 13.2 Å². The third kappa shape index (κ3) is 4.16. The number of likely N-dealkylation sites (N-methyl/N-ethyl adjacent to an activating group) is 1. The largest absolute Gasteiger partial charge is 0.416 e. The number of hydrogen-bond acceptors (Lipinski definition) is 2.